The Kier molecular flexibility index (Phi) is 6.13. The molecule has 1 aliphatic carbocycles. The molecule has 1 aliphatic rings. The van der Waals surface area contributed by atoms with E-state index >= 15 is 0 Å². The maximum atomic E-state index is 12.5. The van der Waals surface area contributed by atoms with Crippen LogP contribution in [0, 0.1) is 16.0 Å². The van der Waals surface area contributed by atoms with Crippen molar-refractivity contribution in [3.63, 3.8) is 0 Å². The maximum absolute atomic E-state index is 12.5. The van der Waals surface area contributed by atoms with E-state index in [1.165, 1.54) is 18.2 Å². The highest BCUT2D eigenvalue weighted by Crippen LogP contribution is 2.25. The second kappa shape index (κ2) is 8.73. The fourth-order valence-corrected chi connectivity index (χ4v) is 3.49. The van der Waals surface area contributed by atoms with Gasteiger partial charge in [-0.2, -0.15) is 0 Å². The molecular weight excluding hydrogens is 362 g/mol. The lowest BCUT2D eigenvalue weighted by atomic mass is 9.88. The van der Waals surface area contributed by atoms with E-state index in [1.807, 2.05) is 6.92 Å². The number of benzene rings is 1. The first kappa shape index (κ1) is 19.7. The van der Waals surface area contributed by atoms with E-state index in [0.29, 0.717) is 12.0 Å². The molecule has 9 nitrogen and oxygen atoms in total. The lowest BCUT2D eigenvalue weighted by Crippen LogP contribution is -2.37. The van der Waals surface area contributed by atoms with Crippen LogP contribution in [0.3, 0.4) is 0 Å². The van der Waals surface area contributed by atoms with Crippen LogP contribution in [0.1, 0.15) is 57.2 Å². The van der Waals surface area contributed by atoms with Crippen LogP contribution in [0.2, 0.25) is 0 Å². The summed E-state index contributed by atoms with van der Waals surface area (Å²) in [5.41, 5.74) is -0.0341. The van der Waals surface area contributed by atoms with Gasteiger partial charge in [0.15, 0.2) is 11.5 Å². The quantitative estimate of drug-likeness (QED) is 0.581. The summed E-state index contributed by atoms with van der Waals surface area (Å²) in [6.45, 7) is 1.86. The molecule has 2 aromatic rings. The number of nitro benzene ring substituents is 1. The van der Waals surface area contributed by atoms with Crippen molar-refractivity contribution in [2.24, 2.45) is 5.92 Å². The molecular formula is C19H23N5O4. The molecule has 148 valence electrons. The standard InChI is InChI=1S/C19H23N5O4/c1-2-15(20-18(25)12-7-4-3-5-8-12)16-19(26)21-17(23-22-16)13-9-6-10-14(11-13)24(27)28/h6,9-12,15H,2-5,7-8H2,1H3,(H,20,25)(H,21,23,26). The van der Waals surface area contributed by atoms with Crippen molar-refractivity contribution in [3.8, 4) is 11.4 Å². The third kappa shape index (κ3) is 4.41. The Balaban J connectivity index is 1.80. The van der Waals surface area contributed by atoms with Crippen molar-refractivity contribution in [1.82, 2.24) is 20.5 Å². The van der Waals surface area contributed by atoms with E-state index in [4.69, 9.17) is 0 Å². The van der Waals surface area contributed by atoms with Gasteiger partial charge in [-0.05, 0) is 19.3 Å². The van der Waals surface area contributed by atoms with Gasteiger partial charge in [0, 0.05) is 23.6 Å². The first-order valence-corrected chi connectivity index (χ1v) is 9.51. The molecule has 1 atom stereocenters. The zero-order chi connectivity index (χ0) is 20.1. The van der Waals surface area contributed by atoms with Crippen molar-refractivity contribution in [3.05, 3.63) is 50.4 Å². The van der Waals surface area contributed by atoms with E-state index in [-0.39, 0.29) is 29.0 Å². The highest BCUT2D eigenvalue weighted by Gasteiger charge is 2.25. The maximum Gasteiger partial charge on any atom is 0.275 e. The fraction of sp³-hybridized carbons (Fsp3) is 0.474. The summed E-state index contributed by atoms with van der Waals surface area (Å²) in [5, 5.41) is 21.9. The van der Waals surface area contributed by atoms with Crippen LogP contribution in [0.15, 0.2) is 29.1 Å². The Labute approximate surface area is 161 Å². The molecule has 0 spiro atoms. The van der Waals surface area contributed by atoms with Crippen LogP contribution in [0.4, 0.5) is 5.69 Å². The average molecular weight is 385 g/mol. The summed E-state index contributed by atoms with van der Waals surface area (Å²) in [7, 11) is 0. The lowest BCUT2D eigenvalue weighted by Gasteiger charge is -2.23. The molecule has 1 unspecified atom stereocenters. The molecule has 2 N–H and O–H groups in total. The number of nitrogens with zero attached hydrogens (tertiary/aromatic N) is 3. The molecule has 0 saturated heterocycles. The number of nitrogens with one attached hydrogen (secondary N) is 2. The molecule has 1 saturated carbocycles. The Bertz CT molecular complexity index is 921. The Morgan fingerprint density at radius 2 is 2.07 bits per heavy atom. The van der Waals surface area contributed by atoms with Crippen LogP contribution in [-0.4, -0.2) is 26.0 Å². The molecule has 1 aromatic carbocycles. The van der Waals surface area contributed by atoms with Crippen LogP contribution in [0.25, 0.3) is 11.4 Å². The normalized spacial score (nSPS) is 15.8. The minimum absolute atomic E-state index is 0.0148. The van der Waals surface area contributed by atoms with E-state index in [1.54, 1.807) is 6.07 Å². The van der Waals surface area contributed by atoms with E-state index in [0.717, 1.165) is 32.1 Å². The van der Waals surface area contributed by atoms with E-state index in [9.17, 15) is 19.7 Å². The number of hydrogen-bond acceptors (Lipinski definition) is 6. The molecule has 1 fully saturated rings. The zero-order valence-electron chi connectivity index (χ0n) is 15.7. The fourth-order valence-electron chi connectivity index (χ4n) is 3.49. The number of non-ortho nitro benzene ring substituents is 1. The Hall–Kier alpha value is -3.10. The third-order valence-corrected chi connectivity index (χ3v) is 5.08. The minimum atomic E-state index is -0.523. The smallest absolute Gasteiger partial charge is 0.275 e. The molecule has 0 bridgehead atoms. The summed E-state index contributed by atoms with van der Waals surface area (Å²) < 4.78 is 0. The first-order chi connectivity index (χ1) is 13.5. The summed E-state index contributed by atoms with van der Waals surface area (Å²) in [5.74, 6) is 0.0837. The van der Waals surface area contributed by atoms with Gasteiger partial charge in [0.25, 0.3) is 11.2 Å². The predicted octanol–water partition coefficient (Wildman–Crippen LogP) is 2.89. The molecule has 0 aliphatic heterocycles. The van der Waals surface area contributed by atoms with Gasteiger partial charge in [-0.15, -0.1) is 10.2 Å². The second-order valence-corrected chi connectivity index (χ2v) is 7.00. The van der Waals surface area contributed by atoms with Gasteiger partial charge in [0.2, 0.25) is 5.91 Å². The van der Waals surface area contributed by atoms with Crippen molar-refractivity contribution in [1.29, 1.82) is 0 Å². The summed E-state index contributed by atoms with van der Waals surface area (Å²) in [6, 6.07) is 5.28. The van der Waals surface area contributed by atoms with Crippen molar-refractivity contribution in [2.45, 2.75) is 51.5 Å². The van der Waals surface area contributed by atoms with Crippen LogP contribution in [-0.2, 0) is 4.79 Å². The number of carbonyl (C=O) groups is 1. The predicted molar refractivity (Wildman–Crippen MR) is 102 cm³/mol. The van der Waals surface area contributed by atoms with Crippen molar-refractivity contribution < 1.29 is 9.72 Å². The molecule has 0 radical (unpaired) electrons. The number of H-pyrrole nitrogens is 1. The summed E-state index contributed by atoms with van der Waals surface area (Å²) in [6.07, 6.45) is 5.50. The summed E-state index contributed by atoms with van der Waals surface area (Å²) >= 11 is 0. The number of aromatic nitrogens is 3. The van der Waals surface area contributed by atoms with Gasteiger partial charge in [-0.25, -0.2) is 0 Å². The van der Waals surface area contributed by atoms with Crippen LogP contribution >= 0.6 is 0 Å². The first-order valence-electron chi connectivity index (χ1n) is 9.51. The zero-order valence-corrected chi connectivity index (χ0v) is 15.7. The number of nitro groups is 1. The van der Waals surface area contributed by atoms with Crippen LogP contribution in [0.5, 0.6) is 0 Å². The number of carbonyl (C=O) groups excluding carboxylic acids is 1. The number of hydrogen-bond donors (Lipinski definition) is 2. The second-order valence-electron chi connectivity index (χ2n) is 7.00. The molecule has 1 aromatic heterocycles. The number of aromatic amines is 1. The minimum Gasteiger partial charge on any atom is -0.347 e. The Morgan fingerprint density at radius 1 is 1.32 bits per heavy atom. The monoisotopic (exact) mass is 385 g/mol. The van der Waals surface area contributed by atoms with Crippen LogP contribution < -0.4 is 10.9 Å². The van der Waals surface area contributed by atoms with Crippen molar-refractivity contribution in [2.75, 3.05) is 0 Å². The largest absolute Gasteiger partial charge is 0.347 e. The van der Waals surface area contributed by atoms with Gasteiger partial charge >= 0.3 is 0 Å². The van der Waals surface area contributed by atoms with Gasteiger partial charge in [-0.1, -0.05) is 38.3 Å². The topological polar surface area (TPSA) is 131 Å². The third-order valence-electron chi connectivity index (χ3n) is 5.08. The van der Waals surface area contributed by atoms with Gasteiger partial charge in [0.1, 0.15) is 0 Å². The Morgan fingerprint density at radius 3 is 2.71 bits per heavy atom. The lowest BCUT2D eigenvalue weighted by molar-refractivity contribution is -0.384. The molecule has 28 heavy (non-hydrogen) atoms. The van der Waals surface area contributed by atoms with Gasteiger partial charge in [0.05, 0.1) is 11.0 Å². The van der Waals surface area contributed by atoms with E-state index in [2.05, 4.69) is 20.5 Å². The van der Waals surface area contributed by atoms with Crippen molar-refractivity contribution >= 4 is 11.6 Å². The SMILES string of the molecule is CCC(NC(=O)C1CCCCC1)c1nnc(-c2cccc([N+](=O)[O-])c2)[nH]c1=O. The molecule has 1 heterocycles. The highest BCUT2D eigenvalue weighted by atomic mass is 16.6. The highest BCUT2D eigenvalue weighted by molar-refractivity contribution is 5.79. The van der Waals surface area contributed by atoms with Gasteiger partial charge in [-0.3, -0.25) is 19.7 Å². The molecule has 1 amide bonds. The molecule has 3 rings (SSSR count). The van der Waals surface area contributed by atoms with Gasteiger partial charge < -0.3 is 10.3 Å². The number of amides is 1. The summed E-state index contributed by atoms with van der Waals surface area (Å²) in [4.78, 5) is 38.1. The number of rotatable bonds is 6. The average Bonchev–Trinajstić information content (AvgIpc) is 2.72. The molecule has 9 heteroatoms. The van der Waals surface area contributed by atoms with E-state index < -0.39 is 16.5 Å².